The number of aromatic amines is 1. The highest BCUT2D eigenvalue weighted by atomic mass is 15.1. The Morgan fingerprint density at radius 1 is 0.720 bits per heavy atom. The topological polar surface area (TPSA) is 37.4 Å². The van der Waals surface area contributed by atoms with Crippen LogP contribution in [0.4, 0.5) is 11.6 Å². The van der Waals surface area contributed by atoms with E-state index in [1.807, 2.05) is 0 Å². The van der Waals surface area contributed by atoms with Crippen LogP contribution in [0.15, 0.2) is 0 Å². The molecule has 0 unspecified atom stereocenters. The highest BCUT2D eigenvalue weighted by Gasteiger charge is 2.12. The predicted molar refractivity (Wildman–Crippen MR) is 105 cm³/mol. The van der Waals surface area contributed by atoms with E-state index in [0.29, 0.717) is 0 Å². The quantitative estimate of drug-likeness (QED) is 0.259. The fraction of sp³-hybridized carbons (Fsp3) is 0.762. The molecule has 0 aromatic carbocycles. The number of unbranched alkanes of at least 4 members (excludes halogenated alkanes) is 13. The fourth-order valence-corrected chi connectivity index (χ4v) is 3.16. The van der Waals surface area contributed by atoms with E-state index >= 15 is 0 Å². The average molecular weight is 343 g/mol. The van der Waals surface area contributed by atoms with Crippen molar-refractivity contribution in [2.24, 2.45) is 0 Å². The monoisotopic (exact) mass is 342 g/mol. The third-order valence-electron chi connectivity index (χ3n) is 4.70. The Hall–Kier alpha value is -1.81. The van der Waals surface area contributed by atoms with Crippen molar-refractivity contribution in [1.29, 1.82) is 0 Å². The van der Waals surface area contributed by atoms with Crippen LogP contribution in [0.1, 0.15) is 103 Å². The van der Waals surface area contributed by atoms with Crippen LogP contribution < -0.4 is 0 Å². The summed E-state index contributed by atoms with van der Waals surface area (Å²) < 4.78 is 0. The van der Waals surface area contributed by atoms with Gasteiger partial charge >= 0.3 is 0 Å². The summed E-state index contributed by atoms with van der Waals surface area (Å²) in [4.78, 5) is 13.7. The zero-order valence-corrected chi connectivity index (χ0v) is 15.9. The summed E-state index contributed by atoms with van der Waals surface area (Å²) in [6.07, 6.45) is 19.8. The smallest absolute Gasteiger partial charge is 0.293 e. The zero-order valence-electron chi connectivity index (χ0n) is 15.9. The summed E-state index contributed by atoms with van der Waals surface area (Å²) in [6, 6.07) is 0. The maximum absolute atomic E-state index is 7.00. The first-order valence-corrected chi connectivity index (χ1v) is 10.2. The zero-order chi connectivity index (χ0) is 18.2. The van der Waals surface area contributed by atoms with Gasteiger partial charge in [-0.05, 0) is 6.42 Å². The molecule has 0 aliphatic carbocycles. The minimum absolute atomic E-state index is 0.218. The van der Waals surface area contributed by atoms with Crippen LogP contribution in [-0.4, -0.2) is 9.97 Å². The molecule has 1 rings (SSSR count). The van der Waals surface area contributed by atoms with Gasteiger partial charge in [0.15, 0.2) is 0 Å². The van der Waals surface area contributed by atoms with E-state index in [1.54, 1.807) is 0 Å². The molecule has 25 heavy (non-hydrogen) atoms. The van der Waals surface area contributed by atoms with Gasteiger partial charge in [0.1, 0.15) is 0 Å². The molecule has 0 aliphatic heterocycles. The predicted octanol–water partition coefficient (Wildman–Crippen LogP) is 7.54. The van der Waals surface area contributed by atoms with E-state index in [0.717, 1.165) is 18.7 Å². The summed E-state index contributed by atoms with van der Waals surface area (Å²) in [6.45, 7) is 16.3. The lowest BCUT2D eigenvalue weighted by molar-refractivity contribution is 0.535. The summed E-state index contributed by atoms with van der Waals surface area (Å²) in [5.74, 6) is 1.29. The Morgan fingerprint density at radius 3 is 1.60 bits per heavy atom. The van der Waals surface area contributed by atoms with Gasteiger partial charge in [-0.3, -0.25) is 4.98 Å². The summed E-state index contributed by atoms with van der Waals surface area (Å²) in [5.41, 5.74) is 0. The summed E-state index contributed by atoms with van der Waals surface area (Å²) >= 11 is 0. The van der Waals surface area contributed by atoms with Crippen LogP contribution in [0.2, 0.25) is 0 Å². The van der Waals surface area contributed by atoms with Gasteiger partial charge in [-0.15, -0.1) is 0 Å². The second kappa shape index (κ2) is 14.5. The van der Waals surface area contributed by atoms with Crippen LogP contribution in [0.3, 0.4) is 0 Å². The summed E-state index contributed by atoms with van der Waals surface area (Å²) in [7, 11) is 0. The van der Waals surface area contributed by atoms with Crippen molar-refractivity contribution in [2.75, 3.05) is 0 Å². The molecule has 0 radical (unpaired) electrons. The molecule has 1 aromatic heterocycles. The van der Waals surface area contributed by atoms with Gasteiger partial charge in [-0.1, -0.05) is 109 Å². The number of nitrogens with one attached hydrogen (secondary N) is 1. The van der Waals surface area contributed by atoms with Crippen molar-refractivity contribution >= 4 is 11.6 Å². The van der Waals surface area contributed by atoms with Crippen molar-refractivity contribution in [3.63, 3.8) is 0 Å². The standard InChI is InChI=1S/C21H34N4/c1-4-5-6-7-8-9-10-11-12-13-14-15-16-17-18-19-24-20(22-2)21(23-3)25-19/h4-18H2,1H3,(H,24,25). The van der Waals surface area contributed by atoms with Crippen LogP contribution in [0, 0.1) is 13.1 Å². The molecule has 0 aliphatic rings. The minimum atomic E-state index is 0.218. The second-order valence-electron chi connectivity index (χ2n) is 6.93. The number of imidazole rings is 1. The number of nitrogens with zero attached hydrogens (tertiary/aromatic N) is 3. The molecule has 138 valence electrons. The van der Waals surface area contributed by atoms with Gasteiger partial charge in [-0.25, -0.2) is 0 Å². The Bertz CT molecular complexity index is 502. The maximum Gasteiger partial charge on any atom is 0.293 e. The van der Waals surface area contributed by atoms with Crippen molar-refractivity contribution in [3.8, 4) is 0 Å². The molecular weight excluding hydrogens is 308 g/mol. The largest absolute Gasteiger partial charge is 0.373 e. The summed E-state index contributed by atoms with van der Waals surface area (Å²) in [5, 5.41) is 0. The lowest BCUT2D eigenvalue weighted by Gasteiger charge is -2.02. The first-order valence-electron chi connectivity index (χ1n) is 10.2. The van der Waals surface area contributed by atoms with Crippen LogP contribution in [0.5, 0.6) is 0 Å². The lowest BCUT2D eigenvalue weighted by atomic mass is 10.0. The van der Waals surface area contributed by atoms with Crippen LogP contribution in [0.25, 0.3) is 9.69 Å². The van der Waals surface area contributed by atoms with E-state index in [1.165, 1.54) is 83.5 Å². The molecular formula is C21H34N4. The maximum atomic E-state index is 7.00. The Labute approximate surface area is 154 Å². The van der Waals surface area contributed by atoms with Crippen molar-refractivity contribution in [2.45, 2.75) is 103 Å². The molecule has 0 bridgehead atoms. The van der Waals surface area contributed by atoms with Gasteiger partial charge in [0.05, 0.1) is 6.42 Å². The van der Waals surface area contributed by atoms with Gasteiger partial charge in [0, 0.05) is 0 Å². The van der Waals surface area contributed by atoms with E-state index in [2.05, 4.69) is 26.6 Å². The van der Waals surface area contributed by atoms with Gasteiger partial charge < -0.3 is 9.69 Å². The number of rotatable bonds is 15. The van der Waals surface area contributed by atoms with Gasteiger partial charge in [0.25, 0.3) is 17.5 Å². The minimum Gasteiger partial charge on any atom is -0.373 e. The molecule has 0 amide bonds. The molecule has 0 atom stereocenters. The van der Waals surface area contributed by atoms with E-state index < -0.39 is 0 Å². The second-order valence-corrected chi connectivity index (χ2v) is 6.93. The molecule has 0 saturated carbocycles. The highest BCUT2D eigenvalue weighted by molar-refractivity contribution is 5.61. The molecule has 4 heteroatoms. The first kappa shape index (κ1) is 21.2. The van der Waals surface area contributed by atoms with E-state index in [-0.39, 0.29) is 11.6 Å². The van der Waals surface area contributed by atoms with Crippen molar-refractivity contribution in [1.82, 2.24) is 9.97 Å². The SMILES string of the molecule is [C-]#[N+]c1nc(CCCCCCCCCCCCCCCC)[nH]c1[N+]#[C-]. The molecule has 0 saturated heterocycles. The normalized spacial score (nSPS) is 10.5. The van der Waals surface area contributed by atoms with Crippen LogP contribution in [-0.2, 0) is 6.42 Å². The van der Waals surface area contributed by atoms with E-state index in [4.69, 9.17) is 13.1 Å². The number of hydrogen-bond acceptors (Lipinski definition) is 1. The first-order chi connectivity index (χ1) is 12.3. The molecule has 0 fully saturated rings. The number of aryl methyl sites for hydroxylation is 1. The van der Waals surface area contributed by atoms with Gasteiger partial charge in [0.2, 0.25) is 0 Å². The number of aromatic nitrogens is 2. The van der Waals surface area contributed by atoms with Crippen LogP contribution >= 0.6 is 0 Å². The Balaban J connectivity index is 1.89. The number of H-pyrrole nitrogens is 1. The third-order valence-corrected chi connectivity index (χ3v) is 4.70. The third kappa shape index (κ3) is 9.92. The van der Waals surface area contributed by atoms with E-state index in [9.17, 15) is 0 Å². The van der Waals surface area contributed by atoms with Gasteiger partial charge in [-0.2, -0.15) is 0 Å². The lowest BCUT2D eigenvalue weighted by Crippen LogP contribution is -1.88. The molecule has 4 nitrogen and oxygen atoms in total. The van der Waals surface area contributed by atoms with Crippen molar-refractivity contribution in [3.05, 3.63) is 28.7 Å². The highest BCUT2D eigenvalue weighted by Crippen LogP contribution is 2.25. The Kier molecular flexibility index (Phi) is 12.3. The Morgan fingerprint density at radius 2 is 1.20 bits per heavy atom. The molecule has 1 heterocycles. The molecule has 1 aromatic rings. The fourth-order valence-electron chi connectivity index (χ4n) is 3.16. The average Bonchev–Trinajstić information content (AvgIpc) is 3.04. The molecule has 1 N–H and O–H groups in total. The molecule has 0 spiro atoms. The number of hydrogen-bond donors (Lipinski definition) is 1. The van der Waals surface area contributed by atoms with Crippen molar-refractivity contribution < 1.29 is 0 Å².